The molecular weight excluding hydrogens is 487 g/mol. The van der Waals surface area contributed by atoms with Crippen molar-refractivity contribution >= 4 is 29.0 Å². The van der Waals surface area contributed by atoms with E-state index in [1.807, 2.05) is 0 Å². The number of carboxylic acid groups (broad SMARTS) is 1. The van der Waals surface area contributed by atoms with Gasteiger partial charge in [-0.3, -0.25) is 4.79 Å². The molecule has 5 unspecified atom stereocenters. The van der Waals surface area contributed by atoms with Gasteiger partial charge in [-0.05, 0) is 61.5 Å². The third kappa shape index (κ3) is 5.00. The Hall–Kier alpha value is -2.15. The number of rotatable bonds is 10. The first-order chi connectivity index (χ1) is 16.8. The number of sulfonamides is 1. The molecule has 36 heavy (non-hydrogen) atoms. The summed E-state index contributed by atoms with van der Waals surface area (Å²) in [7, 11) is -3.02. The Morgan fingerprint density at radius 2 is 2.03 bits per heavy atom. The van der Waals surface area contributed by atoms with Gasteiger partial charge in [0.1, 0.15) is 11.3 Å². The summed E-state index contributed by atoms with van der Waals surface area (Å²) in [4.78, 5) is 24.5. The number of nitrogens with two attached hydrogens (primary N) is 1. The van der Waals surface area contributed by atoms with Gasteiger partial charge in [0.15, 0.2) is 0 Å². The van der Waals surface area contributed by atoms with Crippen molar-refractivity contribution < 1.29 is 37.2 Å². The van der Waals surface area contributed by atoms with Crippen molar-refractivity contribution in [3.63, 3.8) is 0 Å². The molecule has 1 saturated heterocycles. The zero-order chi connectivity index (χ0) is 26.5. The van der Waals surface area contributed by atoms with Gasteiger partial charge in [0, 0.05) is 6.42 Å². The number of aromatic carboxylic acids is 1. The van der Waals surface area contributed by atoms with Gasteiger partial charge in [0.25, 0.3) is 0 Å². The second-order valence-corrected chi connectivity index (χ2v) is 12.7. The van der Waals surface area contributed by atoms with Crippen LogP contribution in [0.4, 0.5) is 0 Å². The average Bonchev–Trinajstić information content (AvgIpc) is 3.14. The molecule has 10 nitrogen and oxygen atoms in total. The zero-order valence-electron chi connectivity index (χ0n) is 21.2. The molecule has 1 aromatic carbocycles. The van der Waals surface area contributed by atoms with Gasteiger partial charge < -0.3 is 24.5 Å². The average molecular weight is 522 g/mol. The van der Waals surface area contributed by atoms with Crippen LogP contribution in [0.25, 0.3) is 0 Å². The van der Waals surface area contributed by atoms with Crippen molar-refractivity contribution in [3.05, 3.63) is 29.3 Å². The number of para-hydroxylation sites is 1. The largest absolute Gasteiger partial charge is 0.496 e. The quantitative estimate of drug-likeness (QED) is 0.393. The summed E-state index contributed by atoms with van der Waals surface area (Å²) in [5.74, 6) is -1.33. The molecule has 1 aromatic rings. The zero-order valence-corrected chi connectivity index (χ0v) is 22.0. The maximum atomic E-state index is 12.8. The summed E-state index contributed by atoms with van der Waals surface area (Å²) in [6, 6.07) is 4.83. The lowest BCUT2D eigenvalue weighted by Crippen LogP contribution is -2.65. The highest BCUT2D eigenvalue weighted by atomic mass is 32.2. The molecule has 4 fully saturated rings. The molecule has 3 saturated carbocycles. The number of nitrogens with one attached hydrogen (secondary N) is 1. The molecule has 4 aliphatic rings. The van der Waals surface area contributed by atoms with E-state index in [1.54, 1.807) is 12.1 Å². The summed E-state index contributed by atoms with van der Waals surface area (Å²) in [5.41, 5.74) is 0.260. The van der Waals surface area contributed by atoms with E-state index >= 15 is 0 Å². The second kappa shape index (κ2) is 9.62. The minimum absolute atomic E-state index is 0.0182. The van der Waals surface area contributed by atoms with E-state index in [9.17, 15) is 23.1 Å². The highest BCUT2D eigenvalue weighted by molar-refractivity contribution is 7.89. The number of hydrogen-bond donors (Lipinski definition) is 3. The van der Waals surface area contributed by atoms with E-state index in [1.165, 1.54) is 13.2 Å². The molecule has 12 heteroatoms. The van der Waals surface area contributed by atoms with Gasteiger partial charge >= 0.3 is 13.1 Å². The fourth-order valence-corrected chi connectivity index (χ4v) is 6.94. The van der Waals surface area contributed by atoms with E-state index in [-0.39, 0.29) is 53.8 Å². The van der Waals surface area contributed by atoms with Crippen LogP contribution in [-0.4, -0.2) is 63.0 Å². The lowest BCUT2D eigenvalue weighted by molar-refractivity contribution is -0.199. The Kier molecular flexibility index (Phi) is 7.19. The van der Waals surface area contributed by atoms with Crippen LogP contribution in [0, 0.1) is 17.3 Å². The molecule has 1 aliphatic heterocycles. The van der Waals surface area contributed by atoms with Gasteiger partial charge in [0.05, 0.1) is 30.5 Å². The molecule has 0 spiro atoms. The number of ether oxygens (including phenoxy) is 1. The highest BCUT2D eigenvalue weighted by Gasteiger charge is 2.68. The third-order valence-electron chi connectivity index (χ3n) is 8.45. The van der Waals surface area contributed by atoms with Crippen LogP contribution in [0.5, 0.6) is 5.75 Å². The first-order valence-electron chi connectivity index (χ1n) is 12.3. The van der Waals surface area contributed by atoms with Gasteiger partial charge in [0.2, 0.25) is 15.9 Å². The fourth-order valence-electron chi connectivity index (χ4n) is 6.39. The monoisotopic (exact) mass is 522 g/mol. The van der Waals surface area contributed by atoms with Crippen molar-refractivity contribution in [3.8, 4) is 5.75 Å². The molecule has 3 aliphatic carbocycles. The number of carbonyl (C=O) groups excluding carboxylic acids is 1. The number of primary sulfonamides is 1. The topological polar surface area (TPSA) is 154 Å². The maximum absolute atomic E-state index is 12.8. The lowest BCUT2D eigenvalue weighted by atomic mass is 9.43. The Bertz CT molecular complexity index is 1140. The first-order valence-corrected chi connectivity index (χ1v) is 14.0. The number of carboxylic acids is 1. The van der Waals surface area contributed by atoms with Crippen molar-refractivity contribution in [2.24, 2.45) is 22.4 Å². The molecule has 5 rings (SSSR count). The van der Waals surface area contributed by atoms with Crippen LogP contribution in [0.1, 0.15) is 62.4 Å². The van der Waals surface area contributed by atoms with Crippen LogP contribution in [0.2, 0.25) is 0 Å². The molecule has 5 atom stereocenters. The molecular formula is C24H35BN2O8S. The van der Waals surface area contributed by atoms with Gasteiger partial charge in [-0.15, -0.1) is 0 Å². The van der Waals surface area contributed by atoms with Crippen molar-refractivity contribution in [2.45, 2.75) is 70.5 Å². The maximum Gasteiger partial charge on any atom is 0.482 e. The molecule has 1 amide bonds. The predicted octanol–water partition coefficient (Wildman–Crippen LogP) is 1.76. The van der Waals surface area contributed by atoms with E-state index < -0.39 is 34.7 Å². The van der Waals surface area contributed by atoms with Crippen molar-refractivity contribution in [1.82, 2.24) is 5.32 Å². The normalized spacial score (nSPS) is 29.1. The number of benzene rings is 1. The molecule has 1 heterocycles. The highest BCUT2D eigenvalue weighted by Crippen LogP contribution is 2.65. The Labute approximate surface area is 212 Å². The Morgan fingerprint density at radius 3 is 2.64 bits per heavy atom. The van der Waals surface area contributed by atoms with Crippen LogP contribution >= 0.6 is 0 Å². The van der Waals surface area contributed by atoms with Crippen LogP contribution in [0.15, 0.2) is 18.2 Å². The Balaban J connectivity index is 1.57. The van der Waals surface area contributed by atoms with E-state index in [4.69, 9.17) is 19.2 Å². The summed E-state index contributed by atoms with van der Waals surface area (Å²) in [6.45, 7) is 6.60. The number of amides is 1. The van der Waals surface area contributed by atoms with E-state index in [2.05, 4.69) is 26.1 Å². The number of methoxy groups -OCH3 is 1. The number of hydrogen-bond acceptors (Lipinski definition) is 7. The summed E-state index contributed by atoms with van der Waals surface area (Å²) >= 11 is 0. The third-order valence-corrected chi connectivity index (χ3v) is 9.31. The van der Waals surface area contributed by atoms with Gasteiger partial charge in [-0.1, -0.05) is 26.0 Å². The summed E-state index contributed by atoms with van der Waals surface area (Å²) in [6.07, 6.45) is 2.10. The van der Waals surface area contributed by atoms with Gasteiger partial charge in [-0.2, -0.15) is 0 Å². The molecule has 0 aromatic heterocycles. The minimum atomic E-state index is -3.67. The minimum Gasteiger partial charge on any atom is -0.496 e. The van der Waals surface area contributed by atoms with Crippen LogP contribution in [-0.2, 0) is 30.5 Å². The van der Waals surface area contributed by atoms with Crippen molar-refractivity contribution in [2.75, 3.05) is 12.9 Å². The lowest BCUT2D eigenvalue weighted by Gasteiger charge is -2.64. The standard InChI is InChI=1S/C24H35BN2O8S/c1-23(2)15-12-17(23)24(3)18(13-15)34-25(35-24)19(27-20(28)9-6-10-36(26,31)32)11-14-7-5-8-16(22(29)30)21(14)33-4/h5,7-8,15,17-19H,6,9-13H2,1-4H3,(H,27,28)(H,29,30)(H2,26,31,32). The summed E-state index contributed by atoms with van der Waals surface area (Å²) in [5, 5.41) is 17.6. The Morgan fingerprint density at radius 1 is 1.31 bits per heavy atom. The van der Waals surface area contributed by atoms with E-state index in [0.717, 1.165) is 12.8 Å². The second-order valence-electron chi connectivity index (χ2n) is 11.0. The SMILES string of the molecule is COc1c(CC(NC(=O)CCCS(N)(=O)=O)B2OC3CC4CC(C4(C)C)C3(C)O2)cccc1C(=O)O. The van der Waals surface area contributed by atoms with Crippen molar-refractivity contribution in [1.29, 1.82) is 0 Å². The van der Waals surface area contributed by atoms with Gasteiger partial charge in [-0.25, -0.2) is 18.4 Å². The molecule has 0 radical (unpaired) electrons. The predicted molar refractivity (Wildman–Crippen MR) is 133 cm³/mol. The summed E-state index contributed by atoms with van der Waals surface area (Å²) < 4.78 is 40.9. The molecule has 2 bridgehead atoms. The van der Waals surface area contributed by atoms with Crippen LogP contribution < -0.4 is 15.2 Å². The fraction of sp³-hybridized carbons (Fsp3) is 0.667. The molecule has 198 valence electrons. The van der Waals surface area contributed by atoms with E-state index in [0.29, 0.717) is 17.4 Å². The van der Waals surface area contributed by atoms with Crippen LogP contribution in [0.3, 0.4) is 0 Å². The first kappa shape index (κ1) is 26.9. The smallest absolute Gasteiger partial charge is 0.482 e. The number of carbonyl (C=O) groups is 2. The molecule has 4 N–H and O–H groups in total.